The minimum atomic E-state index is -0.138. The van der Waals surface area contributed by atoms with Gasteiger partial charge in [-0.2, -0.15) is 0 Å². The van der Waals surface area contributed by atoms with Crippen LogP contribution in [0.15, 0.2) is 0 Å². The minimum absolute atomic E-state index is 0.138. The van der Waals surface area contributed by atoms with Crippen molar-refractivity contribution < 1.29 is 14.3 Å². The molecule has 1 aliphatic carbocycles. The second-order valence-electron chi connectivity index (χ2n) is 6.61. The van der Waals surface area contributed by atoms with Crippen molar-refractivity contribution in [2.24, 2.45) is 5.92 Å². The number of carbonyl (C=O) groups excluding carboxylic acids is 2. The Bertz CT molecular complexity index is 359. The molecule has 1 heterocycles. The molecule has 126 valence electrons. The van der Waals surface area contributed by atoms with Crippen molar-refractivity contribution >= 4 is 11.9 Å². The fourth-order valence-electron chi connectivity index (χ4n) is 3.54. The zero-order chi connectivity index (χ0) is 15.8. The van der Waals surface area contributed by atoms with Gasteiger partial charge in [-0.1, -0.05) is 19.3 Å². The first kappa shape index (κ1) is 17.3. The summed E-state index contributed by atoms with van der Waals surface area (Å²) < 4.78 is 4.65. The van der Waals surface area contributed by atoms with E-state index in [1.807, 2.05) is 4.90 Å². The maximum atomic E-state index is 12.4. The smallest absolute Gasteiger partial charge is 0.305 e. The molecule has 2 aliphatic rings. The van der Waals surface area contributed by atoms with E-state index in [2.05, 4.69) is 9.64 Å². The molecule has 5 heteroatoms. The molecule has 0 N–H and O–H groups in total. The van der Waals surface area contributed by atoms with Gasteiger partial charge in [0.15, 0.2) is 0 Å². The fourth-order valence-corrected chi connectivity index (χ4v) is 3.54. The van der Waals surface area contributed by atoms with Crippen LogP contribution in [-0.4, -0.2) is 61.5 Å². The molecular weight excluding hydrogens is 280 g/mol. The van der Waals surface area contributed by atoms with Gasteiger partial charge in [-0.25, -0.2) is 0 Å². The molecule has 0 unspecified atom stereocenters. The molecule has 0 spiro atoms. The van der Waals surface area contributed by atoms with Gasteiger partial charge in [-0.05, 0) is 31.7 Å². The van der Waals surface area contributed by atoms with E-state index in [9.17, 15) is 9.59 Å². The highest BCUT2D eigenvalue weighted by Crippen LogP contribution is 2.27. The van der Waals surface area contributed by atoms with Crippen LogP contribution in [0.2, 0.25) is 0 Å². The molecule has 1 saturated heterocycles. The number of hydrogen-bond acceptors (Lipinski definition) is 4. The van der Waals surface area contributed by atoms with E-state index >= 15 is 0 Å². The van der Waals surface area contributed by atoms with Crippen molar-refractivity contribution in [3.8, 4) is 0 Å². The molecule has 1 amide bonds. The van der Waals surface area contributed by atoms with Gasteiger partial charge in [0.25, 0.3) is 0 Å². The minimum Gasteiger partial charge on any atom is -0.469 e. The Kier molecular flexibility index (Phi) is 7.16. The highest BCUT2D eigenvalue weighted by atomic mass is 16.5. The lowest BCUT2D eigenvalue weighted by Gasteiger charge is -2.35. The second kappa shape index (κ2) is 9.13. The number of piperazine rings is 1. The number of amides is 1. The summed E-state index contributed by atoms with van der Waals surface area (Å²) in [4.78, 5) is 27.8. The molecule has 22 heavy (non-hydrogen) atoms. The van der Waals surface area contributed by atoms with E-state index in [1.54, 1.807) is 0 Å². The van der Waals surface area contributed by atoms with Gasteiger partial charge in [0.05, 0.1) is 7.11 Å². The first-order valence-electron chi connectivity index (χ1n) is 8.76. The number of nitrogens with zero attached hydrogens (tertiary/aromatic N) is 2. The standard InChI is InChI=1S/C17H30N2O3/c1-22-17(21)8-5-9-18-10-12-19(13-11-18)16(20)14-15-6-3-2-4-7-15/h15H,2-14H2,1H3. The van der Waals surface area contributed by atoms with Crippen molar-refractivity contribution in [3.05, 3.63) is 0 Å². The molecule has 2 fully saturated rings. The number of rotatable bonds is 6. The third-order valence-electron chi connectivity index (χ3n) is 5.00. The number of methoxy groups -OCH3 is 1. The van der Waals surface area contributed by atoms with E-state index < -0.39 is 0 Å². The maximum Gasteiger partial charge on any atom is 0.305 e. The van der Waals surface area contributed by atoms with Crippen molar-refractivity contribution in [2.75, 3.05) is 39.8 Å². The van der Waals surface area contributed by atoms with Gasteiger partial charge in [-0.3, -0.25) is 14.5 Å². The molecule has 2 rings (SSSR count). The SMILES string of the molecule is COC(=O)CCCN1CCN(C(=O)CC2CCCCC2)CC1. The molecule has 0 atom stereocenters. The van der Waals surface area contributed by atoms with Gasteiger partial charge in [-0.15, -0.1) is 0 Å². The first-order valence-corrected chi connectivity index (χ1v) is 8.76. The Morgan fingerprint density at radius 2 is 1.73 bits per heavy atom. The summed E-state index contributed by atoms with van der Waals surface area (Å²) in [5.74, 6) is 0.835. The number of esters is 1. The van der Waals surface area contributed by atoms with Crippen LogP contribution in [0.25, 0.3) is 0 Å². The Hall–Kier alpha value is -1.10. The van der Waals surface area contributed by atoms with Crippen molar-refractivity contribution in [3.63, 3.8) is 0 Å². The zero-order valence-electron chi connectivity index (χ0n) is 13.9. The topological polar surface area (TPSA) is 49.9 Å². The molecule has 0 bridgehead atoms. The first-order chi connectivity index (χ1) is 10.7. The van der Waals surface area contributed by atoms with Crippen LogP contribution in [0, 0.1) is 5.92 Å². The van der Waals surface area contributed by atoms with Gasteiger partial charge in [0.2, 0.25) is 5.91 Å². The van der Waals surface area contributed by atoms with E-state index in [1.165, 1.54) is 39.2 Å². The largest absolute Gasteiger partial charge is 0.469 e. The molecular formula is C17H30N2O3. The molecule has 0 aromatic rings. The lowest BCUT2D eigenvalue weighted by molar-refractivity contribution is -0.140. The van der Waals surface area contributed by atoms with Crippen LogP contribution < -0.4 is 0 Å². The van der Waals surface area contributed by atoms with Crippen molar-refractivity contribution in [2.45, 2.75) is 51.4 Å². The lowest BCUT2D eigenvalue weighted by atomic mass is 9.86. The Balaban J connectivity index is 1.61. The fraction of sp³-hybridized carbons (Fsp3) is 0.882. The number of ether oxygens (including phenoxy) is 1. The van der Waals surface area contributed by atoms with Crippen molar-refractivity contribution in [1.82, 2.24) is 9.80 Å². The number of carbonyl (C=O) groups is 2. The third kappa shape index (κ3) is 5.59. The Morgan fingerprint density at radius 1 is 1.05 bits per heavy atom. The Labute approximate surface area is 134 Å². The van der Waals surface area contributed by atoms with E-state index in [0.29, 0.717) is 18.2 Å². The summed E-state index contributed by atoms with van der Waals surface area (Å²) >= 11 is 0. The molecule has 0 aromatic heterocycles. The second-order valence-corrected chi connectivity index (χ2v) is 6.61. The quantitative estimate of drug-likeness (QED) is 0.705. The average molecular weight is 310 g/mol. The van der Waals surface area contributed by atoms with Gasteiger partial charge < -0.3 is 9.64 Å². The molecule has 0 aromatic carbocycles. The Morgan fingerprint density at radius 3 is 2.36 bits per heavy atom. The van der Waals surface area contributed by atoms with Crippen molar-refractivity contribution in [1.29, 1.82) is 0 Å². The van der Waals surface area contributed by atoms with Crippen LogP contribution in [0.3, 0.4) is 0 Å². The summed E-state index contributed by atoms with van der Waals surface area (Å²) in [6.07, 6.45) is 8.48. The van der Waals surface area contributed by atoms with Gasteiger partial charge >= 0.3 is 5.97 Å². The third-order valence-corrected chi connectivity index (χ3v) is 5.00. The molecule has 5 nitrogen and oxygen atoms in total. The van der Waals surface area contributed by atoms with E-state index in [4.69, 9.17) is 0 Å². The lowest BCUT2D eigenvalue weighted by Crippen LogP contribution is -2.49. The van der Waals surface area contributed by atoms with Gasteiger partial charge in [0.1, 0.15) is 0 Å². The highest BCUT2D eigenvalue weighted by molar-refractivity contribution is 5.76. The summed E-state index contributed by atoms with van der Waals surface area (Å²) in [5.41, 5.74) is 0. The number of hydrogen-bond donors (Lipinski definition) is 0. The van der Waals surface area contributed by atoms with Gasteiger partial charge in [0, 0.05) is 39.0 Å². The summed E-state index contributed by atoms with van der Waals surface area (Å²) in [5, 5.41) is 0. The maximum absolute atomic E-state index is 12.4. The predicted octanol–water partition coefficient (Wildman–Crippen LogP) is 2.05. The zero-order valence-corrected chi connectivity index (χ0v) is 13.9. The van der Waals surface area contributed by atoms with Crippen LogP contribution in [0.5, 0.6) is 0 Å². The summed E-state index contributed by atoms with van der Waals surface area (Å²) in [7, 11) is 1.43. The van der Waals surface area contributed by atoms with Crippen LogP contribution in [0.1, 0.15) is 51.4 Å². The monoisotopic (exact) mass is 310 g/mol. The molecule has 0 radical (unpaired) electrons. The average Bonchev–Trinajstić information content (AvgIpc) is 2.56. The summed E-state index contributed by atoms with van der Waals surface area (Å²) in [6, 6.07) is 0. The highest BCUT2D eigenvalue weighted by Gasteiger charge is 2.24. The summed E-state index contributed by atoms with van der Waals surface area (Å²) in [6.45, 7) is 4.45. The normalized spacial score (nSPS) is 20.9. The van der Waals surface area contributed by atoms with E-state index in [-0.39, 0.29) is 5.97 Å². The van der Waals surface area contributed by atoms with Crippen LogP contribution in [0.4, 0.5) is 0 Å². The molecule has 1 aliphatic heterocycles. The molecule has 1 saturated carbocycles. The van der Waals surface area contributed by atoms with E-state index in [0.717, 1.165) is 45.6 Å². The van der Waals surface area contributed by atoms with Crippen LogP contribution in [-0.2, 0) is 14.3 Å². The van der Waals surface area contributed by atoms with Crippen LogP contribution >= 0.6 is 0 Å². The predicted molar refractivity (Wildman–Crippen MR) is 85.5 cm³/mol.